The van der Waals surface area contributed by atoms with Crippen LogP contribution in [-0.4, -0.2) is 11.6 Å². The molecule has 1 atom stereocenters. The third-order valence-corrected chi connectivity index (χ3v) is 3.80. The summed E-state index contributed by atoms with van der Waals surface area (Å²) in [6.07, 6.45) is 5.88. The average Bonchev–Trinajstić information content (AvgIpc) is 2.70. The summed E-state index contributed by atoms with van der Waals surface area (Å²) < 4.78 is 5.91. The lowest BCUT2D eigenvalue weighted by Gasteiger charge is -2.19. The molecule has 3 heteroatoms. The van der Waals surface area contributed by atoms with E-state index in [1.807, 2.05) is 12.4 Å². The summed E-state index contributed by atoms with van der Waals surface area (Å²) in [6.45, 7) is 3.79. The van der Waals surface area contributed by atoms with E-state index in [0.717, 1.165) is 31.7 Å². The minimum absolute atomic E-state index is 0.362. The summed E-state index contributed by atoms with van der Waals surface area (Å²) in [5.41, 5.74) is 3.77. The Morgan fingerprint density at radius 2 is 2.10 bits per heavy atom. The van der Waals surface area contributed by atoms with Crippen molar-refractivity contribution in [3.63, 3.8) is 0 Å². The number of hydrogen-bond donors (Lipinski definition) is 1. The highest BCUT2D eigenvalue weighted by atomic mass is 16.5. The fourth-order valence-corrected chi connectivity index (χ4v) is 2.72. The zero-order chi connectivity index (χ0) is 13.8. The standard InChI is InChI=1S/C17H20N2O/c1-13-4-2-5-15-16(6-3-11-20-17(13)15)19-12-14-7-9-18-10-8-14/h2,4-5,7-10,16,19H,3,6,11-12H2,1H3. The molecule has 2 heterocycles. The van der Waals surface area contributed by atoms with Gasteiger partial charge < -0.3 is 10.1 Å². The topological polar surface area (TPSA) is 34.1 Å². The quantitative estimate of drug-likeness (QED) is 0.926. The van der Waals surface area contributed by atoms with Gasteiger partial charge in [0.1, 0.15) is 5.75 Å². The van der Waals surface area contributed by atoms with E-state index in [2.05, 4.69) is 47.6 Å². The highest BCUT2D eigenvalue weighted by Gasteiger charge is 2.20. The van der Waals surface area contributed by atoms with Crippen molar-refractivity contribution in [3.05, 3.63) is 59.4 Å². The van der Waals surface area contributed by atoms with Crippen LogP contribution in [0.3, 0.4) is 0 Å². The maximum Gasteiger partial charge on any atom is 0.126 e. The maximum atomic E-state index is 5.91. The van der Waals surface area contributed by atoms with E-state index in [0.29, 0.717) is 6.04 Å². The molecule has 0 bridgehead atoms. The number of nitrogens with one attached hydrogen (secondary N) is 1. The highest BCUT2D eigenvalue weighted by molar-refractivity contribution is 5.43. The second kappa shape index (κ2) is 6.06. The molecule has 2 aromatic rings. The van der Waals surface area contributed by atoms with E-state index in [1.54, 1.807) is 0 Å². The van der Waals surface area contributed by atoms with Crippen LogP contribution < -0.4 is 10.1 Å². The first kappa shape index (κ1) is 13.1. The molecule has 1 N–H and O–H groups in total. The number of nitrogens with zero attached hydrogens (tertiary/aromatic N) is 1. The molecule has 3 nitrogen and oxygen atoms in total. The summed E-state index contributed by atoms with van der Waals surface area (Å²) in [6, 6.07) is 10.9. The molecular weight excluding hydrogens is 248 g/mol. The van der Waals surface area contributed by atoms with Crippen LogP contribution in [0, 0.1) is 6.92 Å². The molecule has 1 aliphatic rings. The molecule has 1 aromatic heterocycles. The van der Waals surface area contributed by atoms with Crippen LogP contribution in [0.1, 0.15) is 35.6 Å². The van der Waals surface area contributed by atoms with Crippen LogP contribution in [0.4, 0.5) is 0 Å². The minimum atomic E-state index is 0.362. The van der Waals surface area contributed by atoms with Gasteiger partial charge in [0.15, 0.2) is 0 Å². The molecule has 0 radical (unpaired) electrons. The molecule has 20 heavy (non-hydrogen) atoms. The molecule has 1 aromatic carbocycles. The van der Waals surface area contributed by atoms with Crippen LogP contribution in [0.15, 0.2) is 42.7 Å². The van der Waals surface area contributed by atoms with Crippen molar-refractivity contribution in [2.75, 3.05) is 6.61 Å². The Labute approximate surface area is 120 Å². The second-order valence-electron chi connectivity index (χ2n) is 5.27. The maximum absolute atomic E-state index is 5.91. The van der Waals surface area contributed by atoms with E-state index in [4.69, 9.17) is 4.74 Å². The molecule has 0 amide bonds. The molecule has 0 fully saturated rings. The number of aromatic nitrogens is 1. The van der Waals surface area contributed by atoms with E-state index < -0.39 is 0 Å². The van der Waals surface area contributed by atoms with Gasteiger partial charge in [0.05, 0.1) is 6.61 Å². The predicted octanol–water partition coefficient (Wildman–Crippen LogP) is 3.39. The number of para-hydroxylation sites is 1. The van der Waals surface area contributed by atoms with Gasteiger partial charge in [-0.15, -0.1) is 0 Å². The third kappa shape index (κ3) is 2.83. The van der Waals surface area contributed by atoms with Crippen LogP contribution in [0.5, 0.6) is 5.75 Å². The lowest BCUT2D eigenvalue weighted by molar-refractivity contribution is 0.313. The SMILES string of the molecule is Cc1cccc2c1OCCCC2NCc1ccncc1. The average molecular weight is 268 g/mol. The summed E-state index contributed by atoms with van der Waals surface area (Å²) in [5.74, 6) is 1.07. The molecule has 1 unspecified atom stereocenters. The zero-order valence-electron chi connectivity index (χ0n) is 11.8. The Bertz CT molecular complexity index is 568. The monoisotopic (exact) mass is 268 g/mol. The Morgan fingerprint density at radius 1 is 1.25 bits per heavy atom. The van der Waals surface area contributed by atoms with Crippen LogP contribution in [0.25, 0.3) is 0 Å². The molecular formula is C17H20N2O. The van der Waals surface area contributed by atoms with Gasteiger partial charge in [0.2, 0.25) is 0 Å². The second-order valence-corrected chi connectivity index (χ2v) is 5.27. The van der Waals surface area contributed by atoms with E-state index in [9.17, 15) is 0 Å². The first-order valence-electron chi connectivity index (χ1n) is 7.19. The Hall–Kier alpha value is -1.87. The van der Waals surface area contributed by atoms with Crippen LogP contribution >= 0.6 is 0 Å². The van der Waals surface area contributed by atoms with Gasteiger partial charge in [0.25, 0.3) is 0 Å². The number of pyridine rings is 1. The fraction of sp³-hybridized carbons (Fsp3) is 0.353. The van der Waals surface area contributed by atoms with Gasteiger partial charge in [-0.3, -0.25) is 4.98 Å². The largest absolute Gasteiger partial charge is 0.493 e. The number of aryl methyl sites for hydroxylation is 1. The smallest absolute Gasteiger partial charge is 0.126 e. The normalized spacial score (nSPS) is 17.9. The number of benzene rings is 1. The molecule has 0 spiro atoms. The van der Waals surface area contributed by atoms with E-state index >= 15 is 0 Å². The van der Waals surface area contributed by atoms with Crippen molar-refractivity contribution >= 4 is 0 Å². The van der Waals surface area contributed by atoms with Crippen molar-refractivity contribution < 1.29 is 4.74 Å². The van der Waals surface area contributed by atoms with E-state index in [-0.39, 0.29) is 0 Å². The molecule has 3 rings (SSSR count). The summed E-state index contributed by atoms with van der Waals surface area (Å²) >= 11 is 0. The van der Waals surface area contributed by atoms with Gasteiger partial charge in [-0.05, 0) is 43.0 Å². The number of rotatable bonds is 3. The lowest BCUT2D eigenvalue weighted by atomic mass is 9.99. The van der Waals surface area contributed by atoms with Crippen molar-refractivity contribution in [2.24, 2.45) is 0 Å². The summed E-state index contributed by atoms with van der Waals surface area (Å²) in [5, 5.41) is 3.65. The molecule has 0 saturated carbocycles. The Balaban J connectivity index is 1.78. The van der Waals surface area contributed by atoms with Crippen molar-refractivity contribution in [3.8, 4) is 5.75 Å². The van der Waals surface area contributed by atoms with E-state index in [1.165, 1.54) is 16.7 Å². The van der Waals surface area contributed by atoms with Gasteiger partial charge >= 0.3 is 0 Å². The van der Waals surface area contributed by atoms with Gasteiger partial charge in [-0.25, -0.2) is 0 Å². The first-order chi connectivity index (χ1) is 9.84. The van der Waals surface area contributed by atoms with Crippen LogP contribution in [0.2, 0.25) is 0 Å². The van der Waals surface area contributed by atoms with Crippen molar-refractivity contribution in [2.45, 2.75) is 32.4 Å². The Kier molecular flexibility index (Phi) is 3.97. The van der Waals surface area contributed by atoms with Gasteiger partial charge in [-0.1, -0.05) is 18.2 Å². The number of fused-ring (bicyclic) bond motifs is 1. The Morgan fingerprint density at radius 3 is 2.95 bits per heavy atom. The molecule has 1 aliphatic heterocycles. The highest BCUT2D eigenvalue weighted by Crippen LogP contribution is 2.34. The van der Waals surface area contributed by atoms with Crippen LogP contribution in [-0.2, 0) is 6.54 Å². The zero-order valence-corrected chi connectivity index (χ0v) is 11.8. The summed E-state index contributed by atoms with van der Waals surface area (Å²) in [7, 11) is 0. The number of ether oxygens (including phenoxy) is 1. The van der Waals surface area contributed by atoms with Crippen molar-refractivity contribution in [1.29, 1.82) is 0 Å². The molecule has 0 aliphatic carbocycles. The lowest BCUT2D eigenvalue weighted by Crippen LogP contribution is -2.20. The fourth-order valence-electron chi connectivity index (χ4n) is 2.72. The number of hydrogen-bond acceptors (Lipinski definition) is 3. The summed E-state index contributed by atoms with van der Waals surface area (Å²) in [4.78, 5) is 4.05. The third-order valence-electron chi connectivity index (χ3n) is 3.80. The molecule has 0 saturated heterocycles. The minimum Gasteiger partial charge on any atom is -0.493 e. The van der Waals surface area contributed by atoms with Gasteiger partial charge in [-0.2, -0.15) is 0 Å². The predicted molar refractivity (Wildman–Crippen MR) is 79.7 cm³/mol. The van der Waals surface area contributed by atoms with Crippen molar-refractivity contribution in [1.82, 2.24) is 10.3 Å². The van der Waals surface area contributed by atoms with Gasteiger partial charge in [0, 0.05) is 30.5 Å². The molecule has 104 valence electrons. The first-order valence-corrected chi connectivity index (χ1v) is 7.19.